The predicted octanol–water partition coefficient (Wildman–Crippen LogP) is 0.558. The Hall–Kier alpha value is -2.26. The summed E-state index contributed by atoms with van der Waals surface area (Å²) in [4.78, 5) is 12.4. The Kier molecular flexibility index (Phi) is 3.43. The summed E-state index contributed by atoms with van der Waals surface area (Å²) in [5.41, 5.74) is 0.643. The van der Waals surface area contributed by atoms with Crippen molar-refractivity contribution in [3.8, 4) is 23.9 Å². The van der Waals surface area contributed by atoms with E-state index in [1.54, 1.807) is 19.2 Å². The quantitative estimate of drug-likeness (QED) is 0.609. The van der Waals surface area contributed by atoms with Gasteiger partial charge in [0.25, 0.3) is 0 Å². The van der Waals surface area contributed by atoms with E-state index in [0.717, 1.165) is 0 Å². The fourth-order valence-electron chi connectivity index (χ4n) is 1.25. The number of hydrogen-bond acceptors (Lipinski definition) is 6. The van der Waals surface area contributed by atoms with E-state index in [1.807, 2.05) is 0 Å². The van der Waals surface area contributed by atoms with Gasteiger partial charge in [0.05, 0.1) is 13.1 Å². The summed E-state index contributed by atoms with van der Waals surface area (Å²) in [5.74, 6) is 4.06. The Bertz CT molecular complexity index is 543. The van der Waals surface area contributed by atoms with E-state index in [9.17, 15) is 0 Å². The minimum Gasteiger partial charge on any atom is -0.337 e. The van der Waals surface area contributed by atoms with Crippen molar-refractivity contribution in [3.63, 3.8) is 0 Å². The van der Waals surface area contributed by atoms with E-state index in [0.29, 0.717) is 36.3 Å². The highest BCUT2D eigenvalue weighted by Gasteiger charge is 2.09. The van der Waals surface area contributed by atoms with Crippen molar-refractivity contribution in [2.45, 2.75) is 13.5 Å². The van der Waals surface area contributed by atoms with Gasteiger partial charge in [-0.1, -0.05) is 11.1 Å². The summed E-state index contributed by atoms with van der Waals surface area (Å²) in [7, 11) is 0. The molecule has 6 heteroatoms. The maximum absolute atomic E-state index is 5.11. The van der Waals surface area contributed by atoms with Crippen LogP contribution >= 0.6 is 0 Å². The molecule has 0 bridgehead atoms. The summed E-state index contributed by atoms with van der Waals surface area (Å²) in [6.45, 7) is 2.71. The van der Waals surface area contributed by atoms with Gasteiger partial charge in [0.2, 0.25) is 11.7 Å². The van der Waals surface area contributed by atoms with Crippen LogP contribution in [-0.2, 0) is 6.54 Å². The SMILES string of the molecule is C#CCNCc1nc(-c2ccnc(C)n2)no1. The summed E-state index contributed by atoms with van der Waals surface area (Å²) < 4.78 is 5.05. The molecule has 0 amide bonds. The van der Waals surface area contributed by atoms with Gasteiger partial charge in [0.1, 0.15) is 11.5 Å². The average molecular weight is 229 g/mol. The van der Waals surface area contributed by atoms with E-state index in [1.165, 1.54) is 0 Å². The Morgan fingerprint density at radius 2 is 2.35 bits per heavy atom. The molecule has 0 aliphatic heterocycles. The van der Waals surface area contributed by atoms with Gasteiger partial charge >= 0.3 is 0 Å². The fourth-order valence-corrected chi connectivity index (χ4v) is 1.25. The first kappa shape index (κ1) is 11.2. The zero-order valence-corrected chi connectivity index (χ0v) is 9.34. The molecule has 0 fully saturated rings. The third kappa shape index (κ3) is 2.86. The Labute approximate surface area is 98.5 Å². The van der Waals surface area contributed by atoms with Gasteiger partial charge in [-0.25, -0.2) is 9.97 Å². The van der Waals surface area contributed by atoms with Crippen molar-refractivity contribution in [2.75, 3.05) is 6.54 Å². The molecular formula is C11H11N5O. The van der Waals surface area contributed by atoms with E-state index in [-0.39, 0.29) is 0 Å². The van der Waals surface area contributed by atoms with Crippen molar-refractivity contribution in [3.05, 3.63) is 24.0 Å². The summed E-state index contributed by atoms with van der Waals surface area (Å²) >= 11 is 0. The van der Waals surface area contributed by atoms with Crippen LogP contribution in [0, 0.1) is 19.3 Å². The Morgan fingerprint density at radius 1 is 1.47 bits per heavy atom. The van der Waals surface area contributed by atoms with Crippen LogP contribution in [0.1, 0.15) is 11.7 Å². The molecule has 0 aliphatic carbocycles. The molecule has 0 saturated heterocycles. The van der Waals surface area contributed by atoms with Gasteiger partial charge in [0, 0.05) is 6.20 Å². The van der Waals surface area contributed by atoms with E-state index < -0.39 is 0 Å². The van der Waals surface area contributed by atoms with E-state index in [4.69, 9.17) is 10.9 Å². The van der Waals surface area contributed by atoms with Gasteiger partial charge in [-0.3, -0.25) is 5.32 Å². The molecule has 2 aromatic rings. The lowest BCUT2D eigenvalue weighted by Crippen LogP contribution is -2.13. The van der Waals surface area contributed by atoms with Gasteiger partial charge < -0.3 is 4.52 Å². The second-order valence-electron chi connectivity index (χ2n) is 3.31. The molecular weight excluding hydrogens is 218 g/mol. The number of terminal acetylenes is 1. The van der Waals surface area contributed by atoms with Crippen molar-refractivity contribution in [1.82, 2.24) is 25.4 Å². The molecule has 2 heterocycles. The largest absolute Gasteiger partial charge is 0.337 e. The van der Waals surface area contributed by atoms with Crippen LogP contribution < -0.4 is 5.32 Å². The molecule has 0 spiro atoms. The lowest BCUT2D eigenvalue weighted by molar-refractivity contribution is 0.370. The third-order valence-corrected chi connectivity index (χ3v) is 1.98. The molecule has 0 aromatic carbocycles. The summed E-state index contributed by atoms with van der Waals surface area (Å²) in [6, 6.07) is 1.73. The van der Waals surface area contributed by atoms with Crippen LogP contribution in [0.25, 0.3) is 11.5 Å². The topological polar surface area (TPSA) is 76.7 Å². The number of aromatic nitrogens is 4. The molecule has 0 radical (unpaired) electrons. The molecule has 0 atom stereocenters. The van der Waals surface area contributed by atoms with Gasteiger partial charge in [-0.2, -0.15) is 4.98 Å². The second kappa shape index (κ2) is 5.18. The minimum absolute atomic E-state index is 0.446. The second-order valence-corrected chi connectivity index (χ2v) is 3.31. The summed E-state index contributed by atoms with van der Waals surface area (Å²) in [5, 5.41) is 6.80. The number of aryl methyl sites for hydroxylation is 1. The molecule has 2 aromatic heterocycles. The predicted molar refractivity (Wildman–Crippen MR) is 60.6 cm³/mol. The van der Waals surface area contributed by atoms with Crippen molar-refractivity contribution in [2.24, 2.45) is 0 Å². The molecule has 2 rings (SSSR count). The van der Waals surface area contributed by atoms with Gasteiger partial charge in [-0.05, 0) is 13.0 Å². The molecule has 0 unspecified atom stereocenters. The normalized spacial score (nSPS) is 10.1. The maximum atomic E-state index is 5.11. The van der Waals surface area contributed by atoms with Crippen LogP contribution in [0.3, 0.4) is 0 Å². The maximum Gasteiger partial charge on any atom is 0.240 e. The van der Waals surface area contributed by atoms with E-state index in [2.05, 4.69) is 31.3 Å². The van der Waals surface area contributed by atoms with Gasteiger partial charge in [0.15, 0.2) is 0 Å². The van der Waals surface area contributed by atoms with Crippen molar-refractivity contribution >= 4 is 0 Å². The smallest absolute Gasteiger partial charge is 0.240 e. The van der Waals surface area contributed by atoms with Crippen LogP contribution in [-0.4, -0.2) is 26.7 Å². The van der Waals surface area contributed by atoms with Crippen molar-refractivity contribution < 1.29 is 4.52 Å². The van der Waals surface area contributed by atoms with Crippen molar-refractivity contribution in [1.29, 1.82) is 0 Å². The molecule has 86 valence electrons. The minimum atomic E-state index is 0.446. The number of nitrogens with zero attached hydrogens (tertiary/aromatic N) is 4. The molecule has 0 aliphatic rings. The van der Waals surface area contributed by atoms with Crippen LogP contribution in [0.5, 0.6) is 0 Å². The Balaban J connectivity index is 2.10. The average Bonchev–Trinajstić information content (AvgIpc) is 2.78. The fraction of sp³-hybridized carbons (Fsp3) is 0.273. The van der Waals surface area contributed by atoms with Crippen LogP contribution in [0.15, 0.2) is 16.8 Å². The molecule has 17 heavy (non-hydrogen) atoms. The number of nitrogens with one attached hydrogen (secondary N) is 1. The lowest BCUT2D eigenvalue weighted by Gasteiger charge is -1.94. The number of rotatable bonds is 4. The zero-order valence-electron chi connectivity index (χ0n) is 9.34. The Morgan fingerprint density at radius 3 is 3.12 bits per heavy atom. The van der Waals surface area contributed by atoms with Crippen LogP contribution in [0.2, 0.25) is 0 Å². The molecule has 6 nitrogen and oxygen atoms in total. The number of hydrogen-bond donors (Lipinski definition) is 1. The van der Waals surface area contributed by atoms with Gasteiger partial charge in [-0.15, -0.1) is 6.42 Å². The first-order valence-corrected chi connectivity index (χ1v) is 5.06. The molecule has 1 N–H and O–H groups in total. The third-order valence-electron chi connectivity index (χ3n) is 1.98. The molecule has 0 saturated carbocycles. The first-order chi connectivity index (χ1) is 8.29. The first-order valence-electron chi connectivity index (χ1n) is 5.06. The zero-order chi connectivity index (χ0) is 12.1. The summed E-state index contributed by atoms with van der Waals surface area (Å²) in [6.07, 6.45) is 6.77. The highest BCUT2D eigenvalue weighted by Crippen LogP contribution is 2.11. The monoisotopic (exact) mass is 229 g/mol. The lowest BCUT2D eigenvalue weighted by atomic mass is 10.4. The highest BCUT2D eigenvalue weighted by atomic mass is 16.5. The van der Waals surface area contributed by atoms with Crippen LogP contribution in [0.4, 0.5) is 0 Å². The van der Waals surface area contributed by atoms with E-state index >= 15 is 0 Å². The highest BCUT2D eigenvalue weighted by molar-refractivity contribution is 5.46. The standard InChI is InChI=1S/C11H11N5O/c1-3-5-12-7-10-15-11(16-17-10)9-4-6-13-8(2)14-9/h1,4,6,12H,5,7H2,2H3.